The van der Waals surface area contributed by atoms with Gasteiger partial charge in [0.05, 0.1) is 11.7 Å². The summed E-state index contributed by atoms with van der Waals surface area (Å²) >= 11 is 0. The predicted molar refractivity (Wildman–Crippen MR) is 69.3 cm³/mol. The first-order valence-electron chi connectivity index (χ1n) is 5.66. The first-order chi connectivity index (χ1) is 8.22. The van der Waals surface area contributed by atoms with Crippen LogP contribution in [0, 0.1) is 13.8 Å². The number of rotatable bonds is 3. The minimum Gasteiger partial charge on any atom is -0.271 e. The molecule has 0 saturated carbocycles. The molecular formula is C14H17N3. The van der Waals surface area contributed by atoms with Gasteiger partial charge in [0.1, 0.15) is 0 Å². The van der Waals surface area contributed by atoms with Crippen LogP contribution in [-0.2, 0) is 0 Å². The molecule has 0 radical (unpaired) electrons. The van der Waals surface area contributed by atoms with Crippen molar-refractivity contribution < 1.29 is 0 Å². The topological polar surface area (TPSA) is 50.9 Å². The third kappa shape index (κ3) is 2.52. The molecule has 17 heavy (non-hydrogen) atoms. The standard InChI is InChI=1S/C14H17N3/c1-10-5-3-7-12(9-10)14(17-15)13-11(2)6-4-8-16-13/h3-9,14,17H,15H2,1-2H3. The zero-order valence-corrected chi connectivity index (χ0v) is 10.1. The van der Waals surface area contributed by atoms with E-state index in [-0.39, 0.29) is 6.04 Å². The van der Waals surface area contributed by atoms with Crippen LogP contribution >= 0.6 is 0 Å². The van der Waals surface area contributed by atoms with Crippen LogP contribution in [0.15, 0.2) is 42.6 Å². The highest BCUT2D eigenvalue weighted by atomic mass is 15.2. The van der Waals surface area contributed by atoms with Crippen molar-refractivity contribution >= 4 is 0 Å². The van der Waals surface area contributed by atoms with Gasteiger partial charge in [0.2, 0.25) is 0 Å². The first kappa shape index (κ1) is 11.8. The number of nitrogens with zero attached hydrogens (tertiary/aromatic N) is 1. The second kappa shape index (κ2) is 5.08. The lowest BCUT2D eigenvalue weighted by Gasteiger charge is -2.18. The lowest BCUT2D eigenvalue weighted by molar-refractivity contribution is 0.616. The number of hydrogen-bond donors (Lipinski definition) is 2. The fourth-order valence-electron chi connectivity index (χ4n) is 1.98. The molecular weight excluding hydrogens is 210 g/mol. The molecule has 1 aromatic heterocycles. The van der Waals surface area contributed by atoms with E-state index in [0.29, 0.717) is 0 Å². The van der Waals surface area contributed by atoms with Crippen molar-refractivity contribution in [3.05, 3.63) is 65.0 Å². The van der Waals surface area contributed by atoms with E-state index in [1.54, 1.807) is 6.20 Å². The Morgan fingerprint density at radius 2 is 2.00 bits per heavy atom. The maximum atomic E-state index is 5.67. The van der Waals surface area contributed by atoms with Crippen LogP contribution in [0.4, 0.5) is 0 Å². The van der Waals surface area contributed by atoms with Crippen molar-refractivity contribution in [3.63, 3.8) is 0 Å². The molecule has 1 unspecified atom stereocenters. The van der Waals surface area contributed by atoms with Gasteiger partial charge in [-0.05, 0) is 31.0 Å². The number of hydrogen-bond acceptors (Lipinski definition) is 3. The van der Waals surface area contributed by atoms with E-state index in [1.807, 2.05) is 25.1 Å². The van der Waals surface area contributed by atoms with E-state index >= 15 is 0 Å². The highest BCUT2D eigenvalue weighted by Gasteiger charge is 2.15. The largest absolute Gasteiger partial charge is 0.271 e. The lowest BCUT2D eigenvalue weighted by atomic mass is 9.99. The van der Waals surface area contributed by atoms with Crippen LogP contribution in [0.5, 0.6) is 0 Å². The molecule has 0 aliphatic carbocycles. The molecule has 0 saturated heterocycles. The van der Waals surface area contributed by atoms with Crippen molar-refractivity contribution in [2.75, 3.05) is 0 Å². The van der Waals surface area contributed by atoms with Crippen LogP contribution in [0.3, 0.4) is 0 Å². The van der Waals surface area contributed by atoms with Gasteiger partial charge in [0, 0.05) is 6.20 Å². The second-order valence-electron chi connectivity index (χ2n) is 4.22. The maximum absolute atomic E-state index is 5.67. The minimum absolute atomic E-state index is 0.0592. The average Bonchev–Trinajstić information content (AvgIpc) is 2.33. The third-order valence-electron chi connectivity index (χ3n) is 2.87. The van der Waals surface area contributed by atoms with Crippen molar-refractivity contribution in [3.8, 4) is 0 Å². The molecule has 0 spiro atoms. The summed E-state index contributed by atoms with van der Waals surface area (Å²) in [6.45, 7) is 4.12. The average molecular weight is 227 g/mol. The highest BCUT2D eigenvalue weighted by Crippen LogP contribution is 2.22. The summed E-state index contributed by atoms with van der Waals surface area (Å²) < 4.78 is 0. The van der Waals surface area contributed by atoms with E-state index in [4.69, 9.17) is 5.84 Å². The Kier molecular flexibility index (Phi) is 3.52. The fraction of sp³-hybridized carbons (Fsp3) is 0.214. The molecule has 0 aliphatic rings. The molecule has 3 nitrogen and oxygen atoms in total. The Balaban J connectivity index is 2.44. The molecule has 0 amide bonds. The number of benzene rings is 1. The molecule has 88 valence electrons. The Morgan fingerprint density at radius 1 is 1.18 bits per heavy atom. The van der Waals surface area contributed by atoms with Crippen LogP contribution < -0.4 is 11.3 Å². The van der Waals surface area contributed by atoms with E-state index < -0.39 is 0 Å². The Labute approximate surface area is 102 Å². The highest BCUT2D eigenvalue weighted by molar-refractivity contribution is 5.33. The number of hydrazine groups is 1. The Hall–Kier alpha value is -1.71. The SMILES string of the molecule is Cc1cccc(C(NN)c2ncccc2C)c1. The molecule has 2 rings (SSSR count). The van der Waals surface area contributed by atoms with Crippen LogP contribution in [0.25, 0.3) is 0 Å². The van der Waals surface area contributed by atoms with Gasteiger partial charge in [0.25, 0.3) is 0 Å². The number of aromatic nitrogens is 1. The summed E-state index contributed by atoms with van der Waals surface area (Å²) in [5.74, 6) is 5.67. The zero-order chi connectivity index (χ0) is 12.3. The van der Waals surface area contributed by atoms with Crippen LogP contribution in [0.1, 0.15) is 28.4 Å². The third-order valence-corrected chi connectivity index (χ3v) is 2.87. The zero-order valence-electron chi connectivity index (χ0n) is 10.1. The number of pyridine rings is 1. The van der Waals surface area contributed by atoms with Gasteiger partial charge in [-0.25, -0.2) is 5.43 Å². The van der Waals surface area contributed by atoms with E-state index in [1.165, 1.54) is 5.56 Å². The predicted octanol–water partition coefficient (Wildman–Crippen LogP) is 2.25. The summed E-state index contributed by atoms with van der Waals surface area (Å²) in [7, 11) is 0. The van der Waals surface area contributed by atoms with Crippen molar-refractivity contribution in [1.29, 1.82) is 0 Å². The normalized spacial score (nSPS) is 12.4. The van der Waals surface area contributed by atoms with E-state index in [9.17, 15) is 0 Å². The van der Waals surface area contributed by atoms with Crippen molar-refractivity contribution in [2.45, 2.75) is 19.9 Å². The second-order valence-corrected chi connectivity index (χ2v) is 4.22. The quantitative estimate of drug-likeness (QED) is 0.624. The van der Waals surface area contributed by atoms with Gasteiger partial charge in [-0.2, -0.15) is 0 Å². The summed E-state index contributed by atoms with van der Waals surface area (Å²) in [6.07, 6.45) is 1.79. The molecule has 0 bridgehead atoms. The number of nitrogens with one attached hydrogen (secondary N) is 1. The first-order valence-corrected chi connectivity index (χ1v) is 5.66. The molecule has 1 atom stereocenters. The number of aryl methyl sites for hydroxylation is 2. The van der Waals surface area contributed by atoms with Crippen molar-refractivity contribution in [1.82, 2.24) is 10.4 Å². The molecule has 3 heteroatoms. The molecule has 1 aromatic carbocycles. The van der Waals surface area contributed by atoms with Crippen LogP contribution in [0.2, 0.25) is 0 Å². The summed E-state index contributed by atoms with van der Waals surface area (Å²) in [5.41, 5.74) is 7.30. The Morgan fingerprint density at radius 3 is 2.65 bits per heavy atom. The fourth-order valence-corrected chi connectivity index (χ4v) is 1.98. The van der Waals surface area contributed by atoms with E-state index in [0.717, 1.165) is 16.8 Å². The van der Waals surface area contributed by atoms with Gasteiger partial charge >= 0.3 is 0 Å². The summed E-state index contributed by atoms with van der Waals surface area (Å²) in [6, 6.07) is 12.2. The lowest BCUT2D eigenvalue weighted by Crippen LogP contribution is -2.30. The summed E-state index contributed by atoms with van der Waals surface area (Å²) in [4.78, 5) is 4.41. The van der Waals surface area contributed by atoms with E-state index in [2.05, 4.69) is 35.5 Å². The summed E-state index contributed by atoms with van der Waals surface area (Å²) in [5, 5.41) is 0. The molecule has 2 aromatic rings. The molecule has 1 heterocycles. The maximum Gasteiger partial charge on any atom is 0.0884 e. The molecule has 0 aliphatic heterocycles. The van der Waals surface area contributed by atoms with Crippen LogP contribution in [-0.4, -0.2) is 4.98 Å². The number of nitrogens with two attached hydrogens (primary N) is 1. The molecule has 3 N–H and O–H groups in total. The van der Waals surface area contributed by atoms with Gasteiger partial charge in [0.15, 0.2) is 0 Å². The minimum atomic E-state index is -0.0592. The van der Waals surface area contributed by atoms with Crippen molar-refractivity contribution in [2.24, 2.45) is 5.84 Å². The Bertz CT molecular complexity index is 508. The van der Waals surface area contributed by atoms with Gasteiger partial charge in [-0.3, -0.25) is 10.8 Å². The monoisotopic (exact) mass is 227 g/mol. The van der Waals surface area contributed by atoms with Gasteiger partial charge < -0.3 is 0 Å². The van der Waals surface area contributed by atoms with Gasteiger partial charge in [-0.1, -0.05) is 35.9 Å². The smallest absolute Gasteiger partial charge is 0.0884 e. The van der Waals surface area contributed by atoms with Gasteiger partial charge in [-0.15, -0.1) is 0 Å². The molecule has 0 fully saturated rings.